The number of imidazole rings is 1. The zero-order valence-corrected chi connectivity index (χ0v) is 13.0. The molecule has 0 spiro atoms. The normalized spacial score (nSPS) is 12.2. The molecule has 0 saturated carbocycles. The summed E-state index contributed by atoms with van der Waals surface area (Å²) in [6.45, 7) is 2.06. The summed E-state index contributed by atoms with van der Waals surface area (Å²) in [6.07, 6.45) is 3.67. The summed E-state index contributed by atoms with van der Waals surface area (Å²) >= 11 is 1.30. The zero-order valence-electron chi connectivity index (χ0n) is 12.2. The van der Waals surface area contributed by atoms with E-state index in [1.807, 2.05) is 29.9 Å². The highest BCUT2D eigenvalue weighted by Crippen LogP contribution is 2.37. The van der Waals surface area contributed by atoms with Gasteiger partial charge in [0.1, 0.15) is 5.82 Å². The Kier molecular flexibility index (Phi) is 4.49. The van der Waals surface area contributed by atoms with Crippen LogP contribution in [0.4, 0.5) is 4.79 Å². The lowest BCUT2D eigenvalue weighted by Crippen LogP contribution is -2.19. The Balaban J connectivity index is 2.43. The summed E-state index contributed by atoms with van der Waals surface area (Å²) in [5.74, 6) is 0.888. The fraction of sp³-hybridized carbons (Fsp3) is 0.333. The van der Waals surface area contributed by atoms with E-state index in [1.54, 1.807) is 25.2 Å². The fourth-order valence-corrected chi connectivity index (χ4v) is 3.11. The number of amides is 1. The molecule has 2 aromatic rings. The summed E-state index contributed by atoms with van der Waals surface area (Å²) < 4.78 is 1.97. The van der Waals surface area contributed by atoms with Gasteiger partial charge in [0.2, 0.25) is 0 Å². The van der Waals surface area contributed by atoms with Crippen LogP contribution < -0.4 is 0 Å². The molecule has 1 aromatic heterocycles. The van der Waals surface area contributed by atoms with Gasteiger partial charge in [-0.3, -0.25) is 4.79 Å². The van der Waals surface area contributed by atoms with Gasteiger partial charge < -0.3 is 9.47 Å². The van der Waals surface area contributed by atoms with Gasteiger partial charge in [-0.05, 0) is 29.8 Å². The summed E-state index contributed by atoms with van der Waals surface area (Å²) in [6, 6.07) is 8.13. The molecule has 0 aliphatic carbocycles. The van der Waals surface area contributed by atoms with E-state index in [0.717, 1.165) is 11.4 Å². The molecule has 0 N–H and O–H groups in total. The number of rotatable bonds is 3. The molecule has 1 amide bonds. The summed E-state index contributed by atoms with van der Waals surface area (Å²) in [5.41, 5.74) is 2.29. The number of benzene rings is 1. The van der Waals surface area contributed by atoms with E-state index in [2.05, 4.69) is 24.0 Å². The van der Waals surface area contributed by atoms with E-state index in [9.17, 15) is 4.79 Å². The monoisotopic (exact) mass is 289 g/mol. The van der Waals surface area contributed by atoms with Crippen LogP contribution in [0, 0.1) is 6.92 Å². The zero-order chi connectivity index (χ0) is 14.7. The van der Waals surface area contributed by atoms with E-state index in [4.69, 9.17) is 0 Å². The maximum Gasteiger partial charge on any atom is 0.282 e. The molecule has 20 heavy (non-hydrogen) atoms. The average Bonchev–Trinajstić information content (AvgIpc) is 2.82. The van der Waals surface area contributed by atoms with Crippen molar-refractivity contribution in [1.82, 2.24) is 14.5 Å². The Labute approximate surface area is 123 Å². The first-order chi connectivity index (χ1) is 9.50. The molecular weight excluding hydrogens is 270 g/mol. The number of hydrogen-bond donors (Lipinski definition) is 0. The first-order valence-corrected chi connectivity index (χ1v) is 7.29. The van der Waals surface area contributed by atoms with Crippen molar-refractivity contribution in [1.29, 1.82) is 0 Å². The third kappa shape index (κ3) is 3.04. The molecule has 1 aromatic carbocycles. The quantitative estimate of drug-likeness (QED) is 0.870. The summed E-state index contributed by atoms with van der Waals surface area (Å²) in [4.78, 5) is 18.1. The molecule has 0 aliphatic heterocycles. The SMILES string of the molecule is Cc1ccccc1C(SC(=O)N(C)C)c1nccn1C. The highest BCUT2D eigenvalue weighted by Gasteiger charge is 2.24. The molecule has 0 fully saturated rings. The number of aromatic nitrogens is 2. The highest BCUT2D eigenvalue weighted by atomic mass is 32.2. The molecule has 0 bridgehead atoms. The molecular formula is C15H19N3OS. The number of nitrogens with zero attached hydrogens (tertiary/aromatic N) is 3. The van der Waals surface area contributed by atoms with Crippen molar-refractivity contribution < 1.29 is 4.79 Å². The largest absolute Gasteiger partial charge is 0.340 e. The van der Waals surface area contributed by atoms with Crippen molar-refractivity contribution in [3.63, 3.8) is 0 Å². The van der Waals surface area contributed by atoms with Crippen molar-refractivity contribution in [2.24, 2.45) is 7.05 Å². The van der Waals surface area contributed by atoms with Gasteiger partial charge in [0.15, 0.2) is 0 Å². The fourth-order valence-electron chi connectivity index (χ4n) is 1.97. The van der Waals surface area contributed by atoms with Gasteiger partial charge in [0.25, 0.3) is 5.24 Å². The van der Waals surface area contributed by atoms with E-state index in [0.29, 0.717) is 0 Å². The van der Waals surface area contributed by atoms with Crippen LogP contribution >= 0.6 is 11.8 Å². The van der Waals surface area contributed by atoms with Crippen LogP contribution in [0.3, 0.4) is 0 Å². The first-order valence-electron chi connectivity index (χ1n) is 6.41. The minimum atomic E-state index is -0.0916. The lowest BCUT2D eigenvalue weighted by molar-refractivity contribution is 0.241. The smallest absolute Gasteiger partial charge is 0.282 e. The van der Waals surface area contributed by atoms with Crippen LogP contribution in [0.25, 0.3) is 0 Å². The van der Waals surface area contributed by atoms with E-state index >= 15 is 0 Å². The molecule has 2 rings (SSSR count). The van der Waals surface area contributed by atoms with Gasteiger partial charge in [-0.1, -0.05) is 24.3 Å². The van der Waals surface area contributed by atoms with Crippen LogP contribution in [-0.2, 0) is 7.05 Å². The Morgan fingerprint density at radius 1 is 1.35 bits per heavy atom. The van der Waals surface area contributed by atoms with Gasteiger partial charge in [-0.15, -0.1) is 0 Å². The molecule has 1 unspecified atom stereocenters. The first kappa shape index (κ1) is 14.7. The van der Waals surface area contributed by atoms with Crippen LogP contribution in [0.2, 0.25) is 0 Å². The van der Waals surface area contributed by atoms with Gasteiger partial charge >= 0.3 is 0 Å². The second kappa shape index (κ2) is 6.13. The predicted octanol–water partition coefficient (Wildman–Crippen LogP) is 3.23. The van der Waals surface area contributed by atoms with Crippen LogP contribution in [-0.4, -0.2) is 33.8 Å². The number of carbonyl (C=O) groups is 1. The lowest BCUT2D eigenvalue weighted by atomic mass is 10.1. The Morgan fingerprint density at radius 3 is 2.60 bits per heavy atom. The summed E-state index contributed by atoms with van der Waals surface area (Å²) in [5, 5.41) is -0.0626. The Hall–Kier alpha value is -1.75. The molecule has 4 nitrogen and oxygen atoms in total. The maximum absolute atomic E-state index is 12.1. The van der Waals surface area contributed by atoms with E-state index < -0.39 is 0 Å². The Bertz CT molecular complexity index is 607. The van der Waals surface area contributed by atoms with Crippen LogP contribution in [0.15, 0.2) is 36.7 Å². The minimum Gasteiger partial charge on any atom is -0.340 e. The molecule has 1 heterocycles. The lowest BCUT2D eigenvalue weighted by Gasteiger charge is -2.20. The number of carbonyl (C=O) groups excluding carboxylic acids is 1. The molecule has 0 aliphatic rings. The maximum atomic E-state index is 12.1. The molecule has 1 atom stereocenters. The second-order valence-electron chi connectivity index (χ2n) is 4.91. The average molecular weight is 289 g/mol. The van der Waals surface area contributed by atoms with Crippen molar-refractivity contribution >= 4 is 17.0 Å². The topological polar surface area (TPSA) is 38.1 Å². The Morgan fingerprint density at radius 2 is 2.05 bits per heavy atom. The van der Waals surface area contributed by atoms with Gasteiger partial charge in [0, 0.05) is 33.5 Å². The van der Waals surface area contributed by atoms with Crippen molar-refractivity contribution in [2.45, 2.75) is 12.2 Å². The van der Waals surface area contributed by atoms with E-state index in [1.165, 1.54) is 17.3 Å². The van der Waals surface area contributed by atoms with Crippen molar-refractivity contribution in [3.8, 4) is 0 Å². The second-order valence-corrected chi connectivity index (χ2v) is 5.97. The third-order valence-corrected chi connectivity index (χ3v) is 4.41. The predicted molar refractivity (Wildman–Crippen MR) is 82.9 cm³/mol. The van der Waals surface area contributed by atoms with Crippen LogP contribution in [0.1, 0.15) is 22.2 Å². The van der Waals surface area contributed by atoms with Gasteiger partial charge in [0.05, 0.1) is 5.25 Å². The molecule has 5 heteroatoms. The third-order valence-electron chi connectivity index (χ3n) is 3.15. The van der Waals surface area contributed by atoms with E-state index in [-0.39, 0.29) is 10.5 Å². The highest BCUT2D eigenvalue weighted by molar-refractivity contribution is 8.13. The van der Waals surface area contributed by atoms with Crippen molar-refractivity contribution in [3.05, 3.63) is 53.6 Å². The molecule has 106 valence electrons. The minimum absolute atomic E-state index is 0.0289. The van der Waals surface area contributed by atoms with Crippen LogP contribution in [0.5, 0.6) is 0 Å². The van der Waals surface area contributed by atoms with Gasteiger partial charge in [-0.2, -0.15) is 0 Å². The van der Waals surface area contributed by atoms with Crippen molar-refractivity contribution in [2.75, 3.05) is 14.1 Å². The van der Waals surface area contributed by atoms with Gasteiger partial charge in [-0.25, -0.2) is 4.98 Å². The molecule has 0 radical (unpaired) electrons. The summed E-state index contributed by atoms with van der Waals surface area (Å²) in [7, 11) is 5.49. The molecule has 0 saturated heterocycles. The number of thioether (sulfide) groups is 1. The number of aryl methyl sites for hydroxylation is 2. The standard InChI is InChI=1S/C15H19N3OS/c1-11-7-5-6-8-12(11)13(20-15(19)17(2)3)14-16-9-10-18(14)4/h5-10,13H,1-4H3. The number of hydrogen-bond acceptors (Lipinski definition) is 3.